The molecule has 1 aromatic rings. The molecule has 1 aromatic carbocycles. The van der Waals surface area contributed by atoms with E-state index in [1.807, 2.05) is 18.2 Å². The molecule has 0 radical (unpaired) electrons. The van der Waals surface area contributed by atoms with Crippen molar-refractivity contribution < 1.29 is 9.53 Å². The van der Waals surface area contributed by atoms with E-state index in [0.29, 0.717) is 13.0 Å². The molecule has 2 nitrogen and oxygen atoms in total. The summed E-state index contributed by atoms with van der Waals surface area (Å²) in [5.74, 6) is 1.60. The van der Waals surface area contributed by atoms with E-state index in [1.165, 1.54) is 17.7 Å². The molecular formula is C14H18O2S. The Morgan fingerprint density at radius 3 is 2.76 bits per heavy atom. The van der Waals surface area contributed by atoms with E-state index in [-0.39, 0.29) is 5.97 Å². The van der Waals surface area contributed by atoms with Crippen molar-refractivity contribution in [3.8, 4) is 0 Å². The smallest absolute Gasteiger partial charge is 0.305 e. The number of carbonyl (C=O) groups excluding carboxylic acids is 1. The largest absolute Gasteiger partial charge is 0.465 e. The maximum atomic E-state index is 11.4. The predicted molar refractivity (Wildman–Crippen MR) is 70.1 cm³/mol. The molecule has 0 heterocycles. The quantitative estimate of drug-likeness (QED) is 0.421. The fraction of sp³-hybridized carbons (Fsp3) is 0.500. The minimum Gasteiger partial charge on any atom is -0.465 e. The van der Waals surface area contributed by atoms with Crippen LogP contribution in [0.2, 0.25) is 0 Å². The molecule has 1 aliphatic carbocycles. The van der Waals surface area contributed by atoms with Crippen molar-refractivity contribution in [1.29, 1.82) is 0 Å². The number of thioether (sulfide) groups is 1. The average Bonchev–Trinajstić information content (AvgIpc) is 3.17. The van der Waals surface area contributed by atoms with Crippen LogP contribution in [0.15, 0.2) is 35.2 Å². The van der Waals surface area contributed by atoms with Crippen LogP contribution in [0.5, 0.6) is 0 Å². The molecule has 1 fully saturated rings. The van der Waals surface area contributed by atoms with Gasteiger partial charge < -0.3 is 4.74 Å². The van der Waals surface area contributed by atoms with Crippen molar-refractivity contribution in [2.75, 3.05) is 12.4 Å². The summed E-state index contributed by atoms with van der Waals surface area (Å²) in [4.78, 5) is 12.6. The number of carbonyl (C=O) groups is 1. The summed E-state index contributed by atoms with van der Waals surface area (Å²) < 4.78 is 5.18. The average molecular weight is 250 g/mol. The highest BCUT2D eigenvalue weighted by atomic mass is 32.2. The van der Waals surface area contributed by atoms with Crippen LogP contribution >= 0.6 is 11.8 Å². The van der Waals surface area contributed by atoms with Crippen LogP contribution in [0.4, 0.5) is 0 Å². The third-order valence-electron chi connectivity index (χ3n) is 2.81. The highest BCUT2D eigenvalue weighted by Gasteiger charge is 2.22. The molecular weight excluding hydrogens is 232 g/mol. The summed E-state index contributed by atoms with van der Waals surface area (Å²) in [5.41, 5.74) is 0. The number of hydrogen-bond donors (Lipinski definition) is 0. The van der Waals surface area contributed by atoms with E-state index in [1.54, 1.807) is 11.8 Å². The second kappa shape index (κ2) is 6.70. The van der Waals surface area contributed by atoms with Gasteiger partial charge in [0.25, 0.3) is 0 Å². The summed E-state index contributed by atoms with van der Waals surface area (Å²) in [6.45, 7) is 0.517. The first-order valence-corrected chi connectivity index (χ1v) is 7.16. The summed E-state index contributed by atoms with van der Waals surface area (Å²) in [6, 6.07) is 10.2. The molecule has 0 atom stereocenters. The molecule has 0 amide bonds. The Balaban J connectivity index is 1.51. The van der Waals surface area contributed by atoms with Crippen molar-refractivity contribution in [2.24, 2.45) is 5.92 Å². The summed E-state index contributed by atoms with van der Waals surface area (Å²) in [5, 5.41) is 0. The molecule has 1 aliphatic rings. The zero-order valence-corrected chi connectivity index (χ0v) is 10.7. The van der Waals surface area contributed by atoms with Crippen molar-refractivity contribution >= 4 is 17.7 Å². The molecule has 0 bridgehead atoms. The van der Waals surface area contributed by atoms with Crippen LogP contribution in [-0.2, 0) is 9.53 Å². The molecule has 0 saturated heterocycles. The number of ether oxygens (including phenoxy) is 1. The Labute approximate surface area is 107 Å². The maximum Gasteiger partial charge on any atom is 0.305 e. The first kappa shape index (κ1) is 12.5. The van der Waals surface area contributed by atoms with Gasteiger partial charge >= 0.3 is 5.97 Å². The first-order chi connectivity index (χ1) is 8.34. The van der Waals surface area contributed by atoms with Gasteiger partial charge in [-0.3, -0.25) is 4.79 Å². The Morgan fingerprint density at radius 1 is 1.29 bits per heavy atom. The fourth-order valence-corrected chi connectivity index (χ4v) is 2.38. The molecule has 0 aromatic heterocycles. The van der Waals surface area contributed by atoms with E-state index in [0.717, 1.165) is 18.1 Å². The van der Waals surface area contributed by atoms with Gasteiger partial charge in [-0.2, -0.15) is 0 Å². The zero-order chi connectivity index (χ0) is 11.9. The molecule has 0 spiro atoms. The highest BCUT2D eigenvalue weighted by molar-refractivity contribution is 7.99. The summed E-state index contributed by atoms with van der Waals surface area (Å²) in [6.07, 6.45) is 4.22. The molecule has 17 heavy (non-hydrogen) atoms. The predicted octanol–water partition coefficient (Wildman–Crippen LogP) is 3.51. The third-order valence-corrected chi connectivity index (χ3v) is 3.79. The molecule has 3 heteroatoms. The van der Waals surface area contributed by atoms with Crippen LogP contribution in [0.3, 0.4) is 0 Å². The van der Waals surface area contributed by atoms with Crippen molar-refractivity contribution in [2.45, 2.75) is 30.6 Å². The van der Waals surface area contributed by atoms with Gasteiger partial charge in [0.15, 0.2) is 0 Å². The maximum absolute atomic E-state index is 11.4. The fourth-order valence-electron chi connectivity index (χ4n) is 1.63. The second-order valence-electron chi connectivity index (χ2n) is 4.36. The minimum absolute atomic E-state index is 0.0365. The highest BCUT2D eigenvalue weighted by Crippen LogP contribution is 2.33. The molecule has 2 rings (SSSR count). The number of esters is 1. The molecule has 0 N–H and O–H groups in total. The van der Waals surface area contributed by atoms with Crippen molar-refractivity contribution in [3.63, 3.8) is 0 Å². The Kier molecular flexibility index (Phi) is 4.92. The monoisotopic (exact) mass is 250 g/mol. The van der Waals surface area contributed by atoms with Gasteiger partial charge in [-0.05, 0) is 24.5 Å². The van der Waals surface area contributed by atoms with E-state index >= 15 is 0 Å². The molecule has 0 aliphatic heterocycles. The lowest BCUT2D eigenvalue weighted by Crippen LogP contribution is -2.07. The van der Waals surface area contributed by atoms with Crippen molar-refractivity contribution in [1.82, 2.24) is 0 Å². The topological polar surface area (TPSA) is 26.3 Å². The standard InChI is InChI=1S/C14H18O2S/c15-14(9-8-12-6-7-12)16-10-11-17-13-4-2-1-3-5-13/h1-5,12H,6-11H2. The lowest BCUT2D eigenvalue weighted by Gasteiger charge is -2.04. The van der Waals surface area contributed by atoms with Gasteiger partial charge in [-0.15, -0.1) is 11.8 Å². The minimum atomic E-state index is -0.0365. The van der Waals surface area contributed by atoms with E-state index in [4.69, 9.17) is 4.74 Å². The Bertz CT molecular complexity index is 346. The van der Waals surface area contributed by atoms with Crippen molar-refractivity contribution in [3.05, 3.63) is 30.3 Å². The van der Waals surface area contributed by atoms with E-state index in [2.05, 4.69) is 12.1 Å². The van der Waals surface area contributed by atoms with Gasteiger partial charge in [0, 0.05) is 17.1 Å². The van der Waals surface area contributed by atoms with Gasteiger partial charge in [-0.25, -0.2) is 0 Å². The molecule has 1 saturated carbocycles. The Hall–Kier alpha value is -0.960. The lowest BCUT2D eigenvalue weighted by atomic mass is 10.2. The van der Waals surface area contributed by atoms with Gasteiger partial charge in [0.05, 0.1) is 0 Å². The van der Waals surface area contributed by atoms with Gasteiger partial charge in [-0.1, -0.05) is 31.0 Å². The summed E-state index contributed by atoms with van der Waals surface area (Å²) >= 11 is 1.72. The van der Waals surface area contributed by atoms with Gasteiger partial charge in [0.2, 0.25) is 0 Å². The zero-order valence-electron chi connectivity index (χ0n) is 9.93. The molecule has 92 valence electrons. The van der Waals surface area contributed by atoms with Crippen LogP contribution < -0.4 is 0 Å². The normalized spacial score (nSPS) is 14.6. The Morgan fingerprint density at radius 2 is 2.06 bits per heavy atom. The molecule has 0 unspecified atom stereocenters. The third kappa shape index (κ3) is 5.26. The lowest BCUT2D eigenvalue weighted by molar-refractivity contribution is -0.143. The summed E-state index contributed by atoms with van der Waals surface area (Å²) in [7, 11) is 0. The SMILES string of the molecule is O=C(CCC1CC1)OCCSc1ccccc1. The van der Waals surface area contributed by atoms with Crippen LogP contribution in [0, 0.1) is 5.92 Å². The number of rotatable bonds is 7. The number of benzene rings is 1. The second-order valence-corrected chi connectivity index (χ2v) is 5.53. The van der Waals surface area contributed by atoms with E-state index in [9.17, 15) is 4.79 Å². The van der Waals surface area contributed by atoms with Crippen LogP contribution in [0.25, 0.3) is 0 Å². The van der Waals surface area contributed by atoms with Crippen LogP contribution in [-0.4, -0.2) is 18.3 Å². The van der Waals surface area contributed by atoms with E-state index < -0.39 is 0 Å². The number of hydrogen-bond acceptors (Lipinski definition) is 3. The first-order valence-electron chi connectivity index (χ1n) is 6.18. The van der Waals surface area contributed by atoms with Gasteiger partial charge in [0.1, 0.15) is 6.61 Å². The van der Waals surface area contributed by atoms with Crippen LogP contribution in [0.1, 0.15) is 25.7 Å².